The van der Waals surface area contributed by atoms with Crippen LogP contribution in [0, 0.1) is 46.3 Å². The molecule has 10 atom stereocenters. The van der Waals surface area contributed by atoms with E-state index in [0.29, 0.717) is 41.9 Å². The molecule has 0 aromatic carbocycles. The van der Waals surface area contributed by atoms with Crippen LogP contribution in [0.3, 0.4) is 0 Å². The Balaban J connectivity index is 1.40. The summed E-state index contributed by atoms with van der Waals surface area (Å²) >= 11 is 0. The van der Waals surface area contributed by atoms with Gasteiger partial charge in [0.1, 0.15) is 6.54 Å². The highest BCUT2D eigenvalue weighted by atomic mass is 16.4. The third-order valence-electron chi connectivity index (χ3n) is 10.7. The number of hydrogen-bond acceptors (Lipinski definition) is 5. The first-order valence-electron chi connectivity index (χ1n) is 13.2. The number of fused-ring (bicyclic) bond motifs is 5. The molecule has 0 aliphatic heterocycles. The van der Waals surface area contributed by atoms with Crippen molar-refractivity contribution in [3.05, 3.63) is 0 Å². The van der Waals surface area contributed by atoms with Crippen LogP contribution < -0.4 is 10.9 Å². The van der Waals surface area contributed by atoms with Crippen LogP contribution >= 0.6 is 0 Å². The number of amides is 1. The Morgan fingerprint density at radius 1 is 1.00 bits per heavy atom. The molecule has 4 fully saturated rings. The minimum Gasteiger partial charge on any atom is -0.480 e. The van der Waals surface area contributed by atoms with Crippen LogP contribution in [0.1, 0.15) is 85.0 Å². The Morgan fingerprint density at radius 3 is 2.42 bits per heavy atom. The fourth-order valence-electron chi connectivity index (χ4n) is 9.02. The molecule has 4 aliphatic carbocycles. The Labute approximate surface area is 198 Å². The van der Waals surface area contributed by atoms with Gasteiger partial charge in [0.2, 0.25) is 5.91 Å². The average Bonchev–Trinajstić information content (AvgIpc) is 3.10. The van der Waals surface area contributed by atoms with E-state index in [1.165, 1.54) is 19.3 Å². The van der Waals surface area contributed by atoms with Crippen molar-refractivity contribution >= 4 is 11.9 Å². The number of carbonyl (C=O) groups excluding carboxylic acids is 1. The van der Waals surface area contributed by atoms with E-state index in [1.807, 2.05) is 0 Å². The number of carboxylic acids is 1. The van der Waals surface area contributed by atoms with E-state index in [2.05, 4.69) is 31.6 Å². The Morgan fingerprint density at radius 2 is 1.70 bits per heavy atom. The van der Waals surface area contributed by atoms with Gasteiger partial charge in [0.15, 0.2) is 0 Å². The van der Waals surface area contributed by atoms with Gasteiger partial charge in [0.05, 0.1) is 12.2 Å². The number of aliphatic hydroxyl groups excluding tert-OH is 2. The SMILES string of the molecule is C[C@H](CCC(=O)NNCC(=O)O)[C@H]1CC[C@H]2[C@@H]3[C@H](O)C[C@@H]4C[C@H](O)CC[C@]4(C)[C@H]3CC[C@]12C. The number of hydrogen-bond donors (Lipinski definition) is 5. The Bertz CT molecular complexity index is 746. The molecular formula is C26H44N2O5. The molecule has 0 bridgehead atoms. The quantitative estimate of drug-likeness (QED) is 0.370. The number of rotatable bonds is 7. The van der Waals surface area contributed by atoms with Gasteiger partial charge in [-0.15, -0.1) is 0 Å². The lowest BCUT2D eigenvalue weighted by molar-refractivity contribution is -0.174. The smallest absolute Gasteiger partial charge is 0.319 e. The largest absolute Gasteiger partial charge is 0.480 e. The van der Waals surface area contributed by atoms with Crippen molar-refractivity contribution in [2.45, 2.75) is 97.2 Å². The second-order valence-electron chi connectivity index (χ2n) is 12.3. The van der Waals surface area contributed by atoms with Crippen LogP contribution in [0.2, 0.25) is 0 Å². The minimum absolute atomic E-state index is 0.160. The number of carboxylic acid groups (broad SMARTS) is 1. The Kier molecular flexibility index (Phi) is 7.15. The molecule has 0 heterocycles. The lowest BCUT2D eigenvalue weighted by atomic mass is 9.43. The summed E-state index contributed by atoms with van der Waals surface area (Å²) in [6.45, 7) is 6.87. The average molecular weight is 465 g/mol. The molecule has 4 rings (SSSR count). The molecule has 7 heteroatoms. The zero-order valence-electron chi connectivity index (χ0n) is 20.6. The summed E-state index contributed by atoms with van der Waals surface area (Å²) in [5.41, 5.74) is 5.39. The molecule has 188 valence electrons. The van der Waals surface area contributed by atoms with Gasteiger partial charge < -0.3 is 15.3 Å². The molecule has 0 saturated heterocycles. The third-order valence-corrected chi connectivity index (χ3v) is 10.7. The van der Waals surface area contributed by atoms with Crippen molar-refractivity contribution in [3.8, 4) is 0 Å². The molecule has 0 spiro atoms. The molecule has 0 unspecified atom stereocenters. The first-order chi connectivity index (χ1) is 15.6. The molecule has 33 heavy (non-hydrogen) atoms. The predicted molar refractivity (Wildman–Crippen MR) is 125 cm³/mol. The number of aliphatic hydroxyl groups is 2. The highest BCUT2D eigenvalue weighted by molar-refractivity contribution is 5.76. The summed E-state index contributed by atoms with van der Waals surface area (Å²) in [4.78, 5) is 22.7. The van der Waals surface area contributed by atoms with E-state index in [4.69, 9.17) is 5.11 Å². The molecular weight excluding hydrogens is 420 g/mol. The molecule has 1 amide bonds. The van der Waals surface area contributed by atoms with Crippen LogP contribution in [0.25, 0.3) is 0 Å². The number of aliphatic carboxylic acids is 1. The normalized spacial score (nSPS) is 45.4. The fourth-order valence-corrected chi connectivity index (χ4v) is 9.02. The fraction of sp³-hybridized carbons (Fsp3) is 0.923. The lowest BCUT2D eigenvalue weighted by Crippen LogP contribution is -2.58. The Hall–Kier alpha value is -1.18. The third kappa shape index (κ3) is 4.57. The summed E-state index contributed by atoms with van der Waals surface area (Å²) in [6, 6.07) is 0. The maximum atomic E-state index is 12.1. The molecule has 0 aromatic heterocycles. The summed E-state index contributed by atoms with van der Waals surface area (Å²) in [6.07, 6.45) is 9.08. The van der Waals surface area contributed by atoms with Crippen molar-refractivity contribution in [3.63, 3.8) is 0 Å². The summed E-state index contributed by atoms with van der Waals surface area (Å²) in [7, 11) is 0. The summed E-state index contributed by atoms with van der Waals surface area (Å²) in [5.74, 6) is 1.69. The first kappa shape index (κ1) is 24.9. The molecule has 4 saturated carbocycles. The van der Waals surface area contributed by atoms with E-state index in [0.717, 1.165) is 38.5 Å². The van der Waals surface area contributed by atoms with Crippen molar-refractivity contribution in [2.75, 3.05) is 6.54 Å². The topological polar surface area (TPSA) is 119 Å². The minimum atomic E-state index is -1.00. The number of hydrazine groups is 1. The highest BCUT2D eigenvalue weighted by Crippen LogP contribution is 2.68. The lowest BCUT2D eigenvalue weighted by Gasteiger charge is -2.62. The van der Waals surface area contributed by atoms with Gasteiger partial charge in [-0.3, -0.25) is 15.0 Å². The summed E-state index contributed by atoms with van der Waals surface area (Å²) in [5, 5.41) is 30.3. The molecule has 5 N–H and O–H groups in total. The van der Waals surface area contributed by atoms with Crippen LogP contribution in [0.15, 0.2) is 0 Å². The van der Waals surface area contributed by atoms with Crippen molar-refractivity contribution in [1.29, 1.82) is 0 Å². The second kappa shape index (κ2) is 9.46. The van der Waals surface area contributed by atoms with Gasteiger partial charge in [0.25, 0.3) is 0 Å². The predicted octanol–water partition coefficient (Wildman–Crippen LogP) is 3.10. The number of nitrogens with one attached hydrogen (secondary N) is 2. The zero-order valence-corrected chi connectivity index (χ0v) is 20.6. The van der Waals surface area contributed by atoms with Gasteiger partial charge in [-0.1, -0.05) is 20.8 Å². The maximum Gasteiger partial charge on any atom is 0.319 e. The van der Waals surface area contributed by atoms with E-state index in [9.17, 15) is 19.8 Å². The van der Waals surface area contributed by atoms with E-state index >= 15 is 0 Å². The van der Waals surface area contributed by atoms with Gasteiger partial charge in [0, 0.05) is 6.42 Å². The molecule has 0 aromatic rings. The van der Waals surface area contributed by atoms with Gasteiger partial charge in [-0.25, -0.2) is 5.43 Å². The second-order valence-corrected chi connectivity index (χ2v) is 12.3. The van der Waals surface area contributed by atoms with Crippen molar-refractivity contribution in [2.24, 2.45) is 46.3 Å². The number of carbonyl (C=O) groups is 2. The molecule has 7 nitrogen and oxygen atoms in total. The monoisotopic (exact) mass is 464 g/mol. The maximum absolute atomic E-state index is 12.1. The first-order valence-corrected chi connectivity index (χ1v) is 13.2. The van der Waals surface area contributed by atoms with E-state index in [-0.39, 0.29) is 35.5 Å². The molecule has 0 radical (unpaired) electrons. The van der Waals surface area contributed by atoms with Gasteiger partial charge >= 0.3 is 5.97 Å². The summed E-state index contributed by atoms with van der Waals surface area (Å²) < 4.78 is 0. The highest BCUT2D eigenvalue weighted by Gasteiger charge is 2.62. The zero-order chi connectivity index (χ0) is 24.0. The van der Waals surface area contributed by atoms with Gasteiger partial charge in [-0.2, -0.15) is 0 Å². The van der Waals surface area contributed by atoms with Crippen LogP contribution in [-0.4, -0.2) is 45.9 Å². The van der Waals surface area contributed by atoms with Gasteiger partial charge in [-0.05, 0) is 104 Å². The van der Waals surface area contributed by atoms with E-state index in [1.54, 1.807) is 0 Å². The van der Waals surface area contributed by atoms with Crippen molar-refractivity contribution < 1.29 is 24.9 Å². The van der Waals surface area contributed by atoms with E-state index < -0.39 is 5.97 Å². The standard InChI is InChI=1S/C26H44N2O5/c1-15(4-7-22(31)28-27-14-23(32)33)18-5-6-19-24-20(9-11-26(18,19)3)25(2)10-8-17(29)12-16(25)13-21(24)30/h15-21,24,27,29-30H,4-14H2,1-3H3,(H,28,31)(H,32,33)/t15-,16+,17-,18-,19+,20+,21-,24+,25+,26-/m1/s1. The van der Waals surface area contributed by atoms with Crippen LogP contribution in [0.4, 0.5) is 0 Å². The van der Waals surface area contributed by atoms with Crippen LogP contribution in [-0.2, 0) is 9.59 Å². The van der Waals surface area contributed by atoms with Crippen molar-refractivity contribution in [1.82, 2.24) is 10.9 Å². The molecule has 4 aliphatic rings. The van der Waals surface area contributed by atoms with Crippen LogP contribution in [0.5, 0.6) is 0 Å².